The van der Waals surface area contributed by atoms with Crippen LogP contribution < -0.4 is 11.1 Å². The summed E-state index contributed by atoms with van der Waals surface area (Å²) >= 11 is 0. The normalized spacial score (nSPS) is 13.5. The number of hydrogen-bond acceptors (Lipinski definition) is 3. The van der Waals surface area contributed by atoms with Crippen molar-refractivity contribution in [3.63, 3.8) is 0 Å². The largest absolute Gasteiger partial charge is 0.396 e. The highest BCUT2D eigenvalue weighted by Gasteiger charge is 2.21. The maximum absolute atomic E-state index is 14.4. The number of nitrogen functional groups attached to an aromatic ring is 1. The van der Waals surface area contributed by atoms with Gasteiger partial charge in [0.05, 0.1) is 11.4 Å². The molecule has 0 aromatic heterocycles. The molecule has 0 bridgehead atoms. The van der Waals surface area contributed by atoms with Gasteiger partial charge in [-0.15, -0.1) is 0 Å². The molecule has 1 fully saturated rings. The molecule has 136 valence electrons. The highest BCUT2D eigenvalue weighted by atomic mass is 19.1. The summed E-state index contributed by atoms with van der Waals surface area (Å²) in [7, 11) is 0. The monoisotopic (exact) mass is 359 g/mol. The Labute approximate surface area is 158 Å². The van der Waals surface area contributed by atoms with Crippen molar-refractivity contribution in [3.8, 4) is 0 Å². The van der Waals surface area contributed by atoms with Crippen LogP contribution in [0.2, 0.25) is 0 Å². The summed E-state index contributed by atoms with van der Waals surface area (Å²) in [5.74, 6) is 0.165. The van der Waals surface area contributed by atoms with Crippen LogP contribution in [0.15, 0.2) is 61.2 Å². The third-order valence-corrected chi connectivity index (χ3v) is 5.09. The van der Waals surface area contributed by atoms with Gasteiger partial charge in [0, 0.05) is 28.9 Å². The molecule has 0 aliphatic heterocycles. The summed E-state index contributed by atoms with van der Waals surface area (Å²) < 4.78 is 14.4. The lowest BCUT2D eigenvalue weighted by Crippen LogP contribution is -2.16. The highest BCUT2D eigenvalue weighted by molar-refractivity contribution is 6.15. The van der Waals surface area contributed by atoms with Crippen molar-refractivity contribution in [1.29, 1.82) is 5.41 Å². The molecule has 4 N–H and O–H groups in total. The first-order chi connectivity index (χ1) is 13.0. The standard InChI is InChI=1S/C23H22FN3/c1-14(27-13-15-6-7-15)19-11-20(23(26)21(24)12-19)22(25)18-9-8-16-4-2-3-5-17(16)10-18/h2-5,8-12,15,25,27H,1,6-7,13,26H2. The Hall–Kier alpha value is -3.14. The van der Waals surface area contributed by atoms with Gasteiger partial charge in [-0.25, -0.2) is 4.39 Å². The molecule has 0 heterocycles. The Bertz CT molecular complexity index is 1050. The Kier molecular flexibility index (Phi) is 4.40. The average Bonchev–Trinajstić information content (AvgIpc) is 3.51. The quantitative estimate of drug-likeness (QED) is 0.431. The van der Waals surface area contributed by atoms with Gasteiger partial charge in [-0.3, -0.25) is 5.41 Å². The van der Waals surface area contributed by atoms with Crippen molar-refractivity contribution in [1.82, 2.24) is 5.32 Å². The summed E-state index contributed by atoms with van der Waals surface area (Å²) in [6, 6.07) is 16.8. The van der Waals surface area contributed by atoms with Gasteiger partial charge in [0.2, 0.25) is 0 Å². The van der Waals surface area contributed by atoms with E-state index in [1.807, 2.05) is 42.5 Å². The van der Waals surface area contributed by atoms with Crippen LogP contribution in [0.1, 0.15) is 29.5 Å². The number of halogens is 1. The molecule has 0 amide bonds. The Morgan fingerprint density at radius 2 is 1.81 bits per heavy atom. The molecule has 3 aromatic carbocycles. The molecule has 0 unspecified atom stereocenters. The van der Waals surface area contributed by atoms with Crippen molar-refractivity contribution in [3.05, 3.63) is 83.7 Å². The minimum absolute atomic E-state index is 0.00750. The number of anilines is 1. The van der Waals surface area contributed by atoms with Gasteiger partial charge in [-0.05, 0) is 47.7 Å². The maximum Gasteiger partial charge on any atom is 0.147 e. The SMILES string of the molecule is C=C(NCC1CC1)c1cc(F)c(N)c(C(=N)c2ccc3ccccc3c2)c1. The van der Waals surface area contributed by atoms with E-state index < -0.39 is 5.82 Å². The first-order valence-electron chi connectivity index (χ1n) is 9.13. The third kappa shape index (κ3) is 3.56. The van der Waals surface area contributed by atoms with Crippen LogP contribution in [0.5, 0.6) is 0 Å². The predicted molar refractivity (Wildman–Crippen MR) is 110 cm³/mol. The number of fused-ring (bicyclic) bond motifs is 1. The number of nitrogens with one attached hydrogen (secondary N) is 2. The van der Waals surface area contributed by atoms with Crippen LogP contribution in [-0.4, -0.2) is 12.3 Å². The van der Waals surface area contributed by atoms with Crippen LogP contribution in [0.4, 0.5) is 10.1 Å². The van der Waals surface area contributed by atoms with Gasteiger partial charge >= 0.3 is 0 Å². The predicted octanol–water partition coefficient (Wildman–Crippen LogP) is 4.95. The Balaban J connectivity index is 1.67. The lowest BCUT2D eigenvalue weighted by molar-refractivity contribution is 0.631. The van der Waals surface area contributed by atoms with Crippen LogP contribution >= 0.6 is 0 Å². The molecule has 0 spiro atoms. The van der Waals surface area contributed by atoms with Crippen molar-refractivity contribution in [2.24, 2.45) is 5.92 Å². The smallest absolute Gasteiger partial charge is 0.147 e. The van der Waals surface area contributed by atoms with Gasteiger partial charge < -0.3 is 11.1 Å². The molecule has 1 saturated carbocycles. The third-order valence-electron chi connectivity index (χ3n) is 5.09. The van der Waals surface area contributed by atoms with Gasteiger partial charge in [-0.1, -0.05) is 43.0 Å². The lowest BCUT2D eigenvalue weighted by Gasteiger charge is -2.14. The van der Waals surface area contributed by atoms with Crippen LogP contribution in [0.3, 0.4) is 0 Å². The molecule has 27 heavy (non-hydrogen) atoms. The molecule has 3 nitrogen and oxygen atoms in total. The number of rotatable bonds is 6. The summed E-state index contributed by atoms with van der Waals surface area (Å²) in [4.78, 5) is 0. The minimum Gasteiger partial charge on any atom is -0.396 e. The summed E-state index contributed by atoms with van der Waals surface area (Å²) in [6.45, 7) is 4.87. The van der Waals surface area contributed by atoms with E-state index in [1.165, 1.54) is 18.9 Å². The summed E-state index contributed by atoms with van der Waals surface area (Å²) in [6.07, 6.45) is 2.46. The van der Waals surface area contributed by atoms with Gasteiger partial charge in [0.15, 0.2) is 0 Å². The maximum atomic E-state index is 14.4. The molecule has 1 aliphatic rings. The van der Waals surface area contributed by atoms with E-state index in [1.54, 1.807) is 6.07 Å². The molecular formula is C23H22FN3. The Morgan fingerprint density at radius 3 is 2.56 bits per heavy atom. The first-order valence-corrected chi connectivity index (χ1v) is 9.13. The number of hydrogen-bond donors (Lipinski definition) is 3. The fraction of sp³-hybridized carbons (Fsp3) is 0.174. The molecule has 4 heteroatoms. The van der Waals surface area contributed by atoms with Crippen LogP contribution in [-0.2, 0) is 0 Å². The topological polar surface area (TPSA) is 61.9 Å². The summed E-state index contributed by atoms with van der Waals surface area (Å²) in [5, 5.41) is 14.0. The average molecular weight is 359 g/mol. The van der Waals surface area contributed by atoms with E-state index in [0.717, 1.165) is 17.3 Å². The molecule has 3 aromatic rings. The van der Waals surface area contributed by atoms with E-state index >= 15 is 0 Å². The fourth-order valence-corrected chi connectivity index (χ4v) is 3.19. The number of benzene rings is 3. The van der Waals surface area contributed by atoms with Gasteiger partial charge in [0.1, 0.15) is 5.82 Å². The second-order valence-corrected chi connectivity index (χ2v) is 7.16. The van der Waals surface area contributed by atoms with E-state index in [9.17, 15) is 4.39 Å². The molecular weight excluding hydrogens is 337 g/mol. The molecule has 4 rings (SSSR count). The zero-order chi connectivity index (χ0) is 19.0. The van der Waals surface area contributed by atoms with Gasteiger partial charge in [0.25, 0.3) is 0 Å². The van der Waals surface area contributed by atoms with Crippen molar-refractivity contribution < 1.29 is 4.39 Å². The minimum atomic E-state index is -0.526. The zero-order valence-electron chi connectivity index (χ0n) is 15.1. The first kappa shape index (κ1) is 17.3. The second-order valence-electron chi connectivity index (χ2n) is 7.16. The van der Waals surface area contributed by atoms with E-state index in [-0.39, 0.29) is 11.4 Å². The van der Waals surface area contributed by atoms with E-state index in [0.29, 0.717) is 28.3 Å². The van der Waals surface area contributed by atoms with Crippen molar-refractivity contribution >= 4 is 27.9 Å². The van der Waals surface area contributed by atoms with Crippen LogP contribution in [0.25, 0.3) is 16.5 Å². The van der Waals surface area contributed by atoms with Crippen molar-refractivity contribution in [2.45, 2.75) is 12.8 Å². The highest BCUT2D eigenvalue weighted by Crippen LogP contribution is 2.29. The molecule has 0 radical (unpaired) electrons. The molecule has 1 aliphatic carbocycles. The number of nitrogens with two attached hydrogens (primary N) is 1. The fourth-order valence-electron chi connectivity index (χ4n) is 3.19. The van der Waals surface area contributed by atoms with Gasteiger partial charge in [-0.2, -0.15) is 0 Å². The van der Waals surface area contributed by atoms with E-state index in [4.69, 9.17) is 11.1 Å². The lowest BCUT2D eigenvalue weighted by atomic mass is 9.96. The molecule has 0 atom stereocenters. The van der Waals surface area contributed by atoms with Crippen LogP contribution in [0, 0.1) is 17.1 Å². The second kappa shape index (κ2) is 6.88. The summed E-state index contributed by atoms with van der Waals surface area (Å²) in [5.41, 5.74) is 8.54. The van der Waals surface area contributed by atoms with E-state index in [2.05, 4.69) is 11.9 Å². The molecule has 0 saturated heterocycles. The van der Waals surface area contributed by atoms with Crippen molar-refractivity contribution in [2.75, 3.05) is 12.3 Å². The zero-order valence-corrected chi connectivity index (χ0v) is 15.1. The Morgan fingerprint density at radius 1 is 1.07 bits per heavy atom.